The number of benzene rings is 1. The van der Waals surface area contributed by atoms with E-state index in [2.05, 4.69) is 16.0 Å². The Morgan fingerprint density at radius 3 is 2.73 bits per heavy atom. The van der Waals surface area contributed by atoms with Gasteiger partial charge in [0.1, 0.15) is 0 Å². The van der Waals surface area contributed by atoms with Crippen molar-refractivity contribution in [2.75, 3.05) is 24.2 Å². The van der Waals surface area contributed by atoms with Gasteiger partial charge < -0.3 is 16.0 Å². The predicted octanol–water partition coefficient (Wildman–Crippen LogP) is 1.53. The van der Waals surface area contributed by atoms with Gasteiger partial charge in [-0.05, 0) is 38.9 Å². The standard InChI is InChI=1S/C16H23N3O2S/c1-11-3-5-13(6-4-11)18-15(20)10-22-12(2)16(21)19-14-7-8-17-9-14/h3-6,12,14,17H,7-10H2,1-2H3,(H,18,20)(H,19,21). The van der Waals surface area contributed by atoms with Gasteiger partial charge >= 0.3 is 0 Å². The van der Waals surface area contributed by atoms with E-state index in [1.54, 1.807) is 0 Å². The Hall–Kier alpha value is -1.53. The highest BCUT2D eigenvalue weighted by Crippen LogP contribution is 2.13. The number of hydrogen-bond donors (Lipinski definition) is 3. The lowest BCUT2D eigenvalue weighted by Gasteiger charge is -2.15. The molecule has 0 radical (unpaired) electrons. The molecule has 2 amide bonds. The minimum Gasteiger partial charge on any atom is -0.351 e. The first-order valence-corrected chi connectivity index (χ1v) is 8.58. The van der Waals surface area contributed by atoms with E-state index >= 15 is 0 Å². The average molecular weight is 321 g/mol. The summed E-state index contributed by atoms with van der Waals surface area (Å²) in [6.07, 6.45) is 0.969. The second-order valence-corrected chi connectivity index (χ2v) is 6.89. The fourth-order valence-corrected chi connectivity index (χ4v) is 2.90. The Kier molecular flexibility index (Phi) is 6.27. The number of rotatable bonds is 6. The number of carbonyl (C=O) groups excluding carboxylic acids is 2. The van der Waals surface area contributed by atoms with Crippen LogP contribution in [-0.2, 0) is 9.59 Å². The molecule has 1 saturated heterocycles. The predicted molar refractivity (Wildman–Crippen MR) is 91.1 cm³/mol. The molecule has 0 spiro atoms. The zero-order valence-electron chi connectivity index (χ0n) is 13.0. The molecule has 1 fully saturated rings. The lowest BCUT2D eigenvalue weighted by Crippen LogP contribution is -2.40. The maximum absolute atomic E-state index is 12.0. The molecule has 3 N–H and O–H groups in total. The van der Waals surface area contributed by atoms with Crippen LogP contribution in [0.3, 0.4) is 0 Å². The Balaban J connectivity index is 1.70. The van der Waals surface area contributed by atoms with Gasteiger partial charge in [0.25, 0.3) is 0 Å². The molecule has 1 aromatic carbocycles. The SMILES string of the molecule is Cc1ccc(NC(=O)CSC(C)C(=O)NC2CCNC2)cc1. The highest BCUT2D eigenvalue weighted by atomic mass is 32.2. The van der Waals surface area contributed by atoms with Crippen molar-refractivity contribution in [3.05, 3.63) is 29.8 Å². The summed E-state index contributed by atoms with van der Waals surface area (Å²) in [6.45, 7) is 5.62. The van der Waals surface area contributed by atoms with E-state index < -0.39 is 0 Å². The fourth-order valence-electron chi connectivity index (χ4n) is 2.21. The van der Waals surface area contributed by atoms with E-state index in [9.17, 15) is 9.59 Å². The maximum Gasteiger partial charge on any atom is 0.234 e. The fraction of sp³-hybridized carbons (Fsp3) is 0.500. The van der Waals surface area contributed by atoms with E-state index in [-0.39, 0.29) is 28.9 Å². The first kappa shape index (κ1) is 16.8. The van der Waals surface area contributed by atoms with Crippen molar-refractivity contribution in [2.24, 2.45) is 0 Å². The van der Waals surface area contributed by atoms with Crippen LogP contribution in [0.25, 0.3) is 0 Å². The number of anilines is 1. The second-order valence-electron chi connectivity index (χ2n) is 5.57. The van der Waals surface area contributed by atoms with Crippen molar-refractivity contribution < 1.29 is 9.59 Å². The van der Waals surface area contributed by atoms with E-state index in [0.29, 0.717) is 0 Å². The third-order valence-corrected chi connectivity index (χ3v) is 4.72. The van der Waals surface area contributed by atoms with Gasteiger partial charge in [0, 0.05) is 18.3 Å². The molecule has 1 aliphatic rings. The second kappa shape index (κ2) is 8.19. The molecule has 1 heterocycles. The van der Waals surface area contributed by atoms with E-state index in [4.69, 9.17) is 0 Å². The van der Waals surface area contributed by atoms with Gasteiger partial charge in [-0.15, -0.1) is 11.8 Å². The first-order chi connectivity index (χ1) is 10.5. The Morgan fingerprint density at radius 1 is 1.36 bits per heavy atom. The van der Waals surface area contributed by atoms with Crippen molar-refractivity contribution in [3.8, 4) is 0 Å². The molecule has 22 heavy (non-hydrogen) atoms. The highest BCUT2D eigenvalue weighted by Gasteiger charge is 2.21. The average Bonchev–Trinajstić information content (AvgIpc) is 3.00. The number of thioether (sulfide) groups is 1. The van der Waals surface area contributed by atoms with Gasteiger partial charge in [-0.25, -0.2) is 0 Å². The minimum absolute atomic E-state index is 0.00170. The lowest BCUT2D eigenvalue weighted by molar-refractivity contribution is -0.120. The molecule has 2 rings (SSSR count). The van der Waals surface area contributed by atoms with Crippen LogP contribution in [0.4, 0.5) is 5.69 Å². The molecule has 2 unspecified atom stereocenters. The van der Waals surface area contributed by atoms with Crippen LogP contribution in [0.1, 0.15) is 18.9 Å². The van der Waals surface area contributed by atoms with Crippen molar-refractivity contribution in [1.29, 1.82) is 0 Å². The minimum atomic E-state index is -0.232. The number of carbonyl (C=O) groups is 2. The van der Waals surface area contributed by atoms with Gasteiger partial charge in [-0.2, -0.15) is 0 Å². The van der Waals surface area contributed by atoms with Crippen molar-refractivity contribution in [3.63, 3.8) is 0 Å². The summed E-state index contributed by atoms with van der Waals surface area (Å²) in [5.74, 6) is 0.184. The topological polar surface area (TPSA) is 70.2 Å². The third kappa shape index (κ3) is 5.35. The van der Waals surface area contributed by atoms with Crippen LogP contribution in [-0.4, -0.2) is 41.9 Å². The zero-order chi connectivity index (χ0) is 15.9. The normalized spacial score (nSPS) is 18.7. The Morgan fingerprint density at radius 2 is 2.09 bits per heavy atom. The Labute approximate surface area is 135 Å². The number of aryl methyl sites for hydroxylation is 1. The third-order valence-electron chi connectivity index (χ3n) is 3.58. The molecule has 2 atom stereocenters. The number of amides is 2. The van der Waals surface area contributed by atoms with Crippen molar-refractivity contribution in [2.45, 2.75) is 31.6 Å². The van der Waals surface area contributed by atoms with Crippen LogP contribution >= 0.6 is 11.8 Å². The molecule has 1 aliphatic heterocycles. The van der Waals surface area contributed by atoms with Gasteiger partial charge in [0.05, 0.1) is 11.0 Å². The molecule has 0 saturated carbocycles. The molecule has 6 heteroatoms. The summed E-state index contributed by atoms with van der Waals surface area (Å²) in [5.41, 5.74) is 1.93. The van der Waals surface area contributed by atoms with Crippen molar-refractivity contribution >= 4 is 29.3 Å². The van der Waals surface area contributed by atoms with Crippen LogP contribution < -0.4 is 16.0 Å². The summed E-state index contributed by atoms with van der Waals surface area (Å²) in [6, 6.07) is 7.88. The van der Waals surface area contributed by atoms with E-state index in [0.717, 1.165) is 30.8 Å². The van der Waals surface area contributed by atoms with Crippen LogP contribution in [0, 0.1) is 6.92 Å². The first-order valence-electron chi connectivity index (χ1n) is 7.54. The highest BCUT2D eigenvalue weighted by molar-refractivity contribution is 8.01. The summed E-state index contributed by atoms with van der Waals surface area (Å²) in [7, 11) is 0. The molecule has 0 bridgehead atoms. The lowest BCUT2D eigenvalue weighted by atomic mass is 10.2. The monoisotopic (exact) mass is 321 g/mol. The number of nitrogens with one attached hydrogen (secondary N) is 3. The zero-order valence-corrected chi connectivity index (χ0v) is 13.8. The molecule has 0 aliphatic carbocycles. The summed E-state index contributed by atoms with van der Waals surface area (Å²) in [5, 5.41) is 8.82. The van der Waals surface area contributed by atoms with Crippen LogP contribution in [0.15, 0.2) is 24.3 Å². The van der Waals surface area contributed by atoms with Gasteiger partial charge in [0.15, 0.2) is 0 Å². The summed E-state index contributed by atoms with van der Waals surface area (Å²) < 4.78 is 0. The quantitative estimate of drug-likeness (QED) is 0.743. The van der Waals surface area contributed by atoms with Crippen LogP contribution in [0.5, 0.6) is 0 Å². The smallest absolute Gasteiger partial charge is 0.234 e. The molecular weight excluding hydrogens is 298 g/mol. The summed E-state index contributed by atoms with van der Waals surface area (Å²) in [4.78, 5) is 23.9. The summed E-state index contributed by atoms with van der Waals surface area (Å²) >= 11 is 1.35. The van der Waals surface area contributed by atoms with E-state index in [1.165, 1.54) is 11.8 Å². The van der Waals surface area contributed by atoms with Crippen LogP contribution in [0.2, 0.25) is 0 Å². The van der Waals surface area contributed by atoms with Gasteiger partial charge in [-0.1, -0.05) is 17.7 Å². The molecule has 0 aromatic heterocycles. The number of hydrogen-bond acceptors (Lipinski definition) is 4. The molecular formula is C16H23N3O2S. The molecule has 1 aromatic rings. The maximum atomic E-state index is 12.0. The largest absolute Gasteiger partial charge is 0.351 e. The van der Waals surface area contributed by atoms with E-state index in [1.807, 2.05) is 38.1 Å². The van der Waals surface area contributed by atoms with Crippen molar-refractivity contribution in [1.82, 2.24) is 10.6 Å². The Bertz CT molecular complexity index is 513. The van der Waals surface area contributed by atoms with Gasteiger partial charge in [0.2, 0.25) is 11.8 Å². The van der Waals surface area contributed by atoms with Gasteiger partial charge in [-0.3, -0.25) is 9.59 Å². The molecule has 120 valence electrons. The molecule has 5 nitrogen and oxygen atoms in total.